The number of carbonyl (C=O) groups excluding carboxylic acids is 2. The van der Waals surface area contributed by atoms with E-state index in [2.05, 4.69) is 10.4 Å². The van der Waals surface area contributed by atoms with Crippen molar-refractivity contribution in [2.24, 2.45) is 5.10 Å². The highest BCUT2D eigenvalue weighted by Gasteiger charge is 2.36. The van der Waals surface area contributed by atoms with Gasteiger partial charge >= 0.3 is 6.03 Å². The van der Waals surface area contributed by atoms with E-state index in [-0.39, 0.29) is 24.5 Å². The molecule has 0 saturated carbocycles. The molecule has 0 spiro atoms. The number of thiophene rings is 1. The molecule has 8 nitrogen and oxygen atoms in total. The Hall–Kier alpha value is -3.07. The Kier molecular flexibility index (Phi) is 7.08. The van der Waals surface area contributed by atoms with Crippen molar-refractivity contribution < 1.29 is 19.1 Å². The van der Waals surface area contributed by atoms with Crippen LogP contribution >= 0.6 is 11.3 Å². The molecule has 1 unspecified atom stereocenters. The molecular formula is C23H30N4O4S. The summed E-state index contributed by atoms with van der Waals surface area (Å²) < 4.78 is 11.0. The number of urea groups is 1. The molecule has 1 aromatic carbocycles. The highest BCUT2D eigenvalue weighted by Crippen LogP contribution is 2.39. The Bertz CT molecular complexity index is 998. The molecule has 9 heteroatoms. The van der Waals surface area contributed by atoms with Crippen LogP contribution in [0.1, 0.15) is 43.7 Å². The number of likely N-dealkylation sites (N-methyl/N-ethyl adjacent to an activating group) is 1. The number of methoxy groups -OCH3 is 2. The monoisotopic (exact) mass is 458 g/mol. The van der Waals surface area contributed by atoms with Gasteiger partial charge in [0.1, 0.15) is 18.0 Å². The van der Waals surface area contributed by atoms with E-state index in [1.807, 2.05) is 56.5 Å². The maximum absolute atomic E-state index is 13.3. The summed E-state index contributed by atoms with van der Waals surface area (Å²) in [4.78, 5) is 28.1. The molecule has 3 rings (SSSR count). The van der Waals surface area contributed by atoms with E-state index in [0.29, 0.717) is 17.9 Å². The fourth-order valence-corrected chi connectivity index (χ4v) is 4.16. The van der Waals surface area contributed by atoms with Crippen molar-refractivity contribution in [2.45, 2.75) is 38.8 Å². The summed E-state index contributed by atoms with van der Waals surface area (Å²) in [7, 11) is 4.79. The molecule has 0 radical (unpaired) electrons. The zero-order chi connectivity index (χ0) is 23.5. The van der Waals surface area contributed by atoms with Crippen molar-refractivity contribution >= 4 is 29.0 Å². The van der Waals surface area contributed by atoms with E-state index >= 15 is 0 Å². The SMILES string of the molecule is COc1ccc(OC)c(C2CC(c3cccs3)=NN2C(=O)CN(C)C(=O)NC(C)(C)C)c1. The average molecular weight is 459 g/mol. The Morgan fingerprint density at radius 2 is 2.00 bits per heavy atom. The summed E-state index contributed by atoms with van der Waals surface area (Å²) in [5.41, 5.74) is 1.23. The van der Waals surface area contributed by atoms with Crippen molar-refractivity contribution in [3.8, 4) is 11.5 Å². The Morgan fingerprint density at radius 1 is 1.25 bits per heavy atom. The lowest BCUT2D eigenvalue weighted by Gasteiger charge is -2.28. The van der Waals surface area contributed by atoms with E-state index in [1.54, 1.807) is 32.6 Å². The van der Waals surface area contributed by atoms with Crippen LogP contribution in [0, 0.1) is 0 Å². The van der Waals surface area contributed by atoms with Gasteiger partial charge in [0.05, 0.1) is 30.9 Å². The van der Waals surface area contributed by atoms with Gasteiger partial charge in [0.2, 0.25) is 0 Å². The lowest BCUT2D eigenvalue weighted by molar-refractivity contribution is -0.133. The molecule has 32 heavy (non-hydrogen) atoms. The number of hydrogen-bond acceptors (Lipinski definition) is 6. The third kappa shape index (κ3) is 5.40. The van der Waals surface area contributed by atoms with E-state index in [0.717, 1.165) is 16.2 Å². The van der Waals surface area contributed by atoms with Crippen LogP contribution in [0.25, 0.3) is 0 Å². The van der Waals surface area contributed by atoms with Crippen LogP contribution in [0.5, 0.6) is 11.5 Å². The van der Waals surface area contributed by atoms with E-state index in [9.17, 15) is 9.59 Å². The molecule has 1 aliphatic rings. The van der Waals surface area contributed by atoms with Gasteiger partial charge in [0.25, 0.3) is 5.91 Å². The van der Waals surface area contributed by atoms with Gasteiger partial charge in [0.15, 0.2) is 0 Å². The molecule has 2 heterocycles. The van der Waals surface area contributed by atoms with Gasteiger partial charge in [-0.15, -0.1) is 11.3 Å². The third-order valence-corrected chi connectivity index (χ3v) is 5.89. The number of benzene rings is 1. The maximum atomic E-state index is 13.3. The molecular weight excluding hydrogens is 428 g/mol. The standard InChI is InChI=1S/C23H30N4O4S/c1-23(2,3)24-22(29)26(4)14-21(28)27-18(13-17(25-27)20-8-7-11-32-20)16-12-15(30-5)9-10-19(16)31-6/h7-12,18H,13-14H2,1-6H3,(H,24,29). The molecule has 2 aromatic rings. The minimum absolute atomic E-state index is 0.105. The number of carbonyl (C=O) groups is 2. The number of hydrazone groups is 1. The fourth-order valence-electron chi connectivity index (χ4n) is 3.44. The van der Waals surface area contributed by atoms with Gasteiger partial charge < -0.3 is 19.7 Å². The highest BCUT2D eigenvalue weighted by molar-refractivity contribution is 7.12. The first kappa shape index (κ1) is 23.6. The molecule has 0 fully saturated rings. The fraction of sp³-hybridized carbons (Fsp3) is 0.435. The first-order chi connectivity index (χ1) is 15.1. The molecule has 3 amide bonds. The van der Waals surface area contributed by atoms with Crippen LogP contribution in [-0.2, 0) is 4.79 Å². The highest BCUT2D eigenvalue weighted by atomic mass is 32.1. The summed E-state index contributed by atoms with van der Waals surface area (Å²) in [5.74, 6) is 1.03. The molecule has 1 N–H and O–H groups in total. The number of nitrogens with one attached hydrogen (secondary N) is 1. The first-order valence-corrected chi connectivity index (χ1v) is 11.2. The lowest BCUT2D eigenvalue weighted by Crippen LogP contribution is -2.49. The zero-order valence-corrected chi connectivity index (χ0v) is 20.2. The second-order valence-corrected chi connectivity index (χ2v) is 9.57. The van der Waals surface area contributed by atoms with Gasteiger partial charge in [-0.2, -0.15) is 5.10 Å². The van der Waals surface area contributed by atoms with E-state index in [1.165, 1.54) is 9.91 Å². The zero-order valence-electron chi connectivity index (χ0n) is 19.3. The summed E-state index contributed by atoms with van der Waals surface area (Å²) in [5, 5.41) is 11.0. The predicted molar refractivity (Wildman–Crippen MR) is 126 cm³/mol. The molecule has 1 atom stereocenters. The normalized spacial score (nSPS) is 15.9. The number of nitrogens with zero attached hydrogens (tertiary/aromatic N) is 3. The maximum Gasteiger partial charge on any atom is 0.318 e. The van der Waals surface area contributed by atoms with Crippen molar-refractivity contribution in [3.63, 3.8) is 0 Å². The van der Waals surface area contributed by atoms with Crippen molar-refractivity contribution in [3.05, 3.63) is 46.2 Å². The molecule has 172 valence electrons. The van der Waals surface area contributed by atoms with Crippen LogP contribution in [0.2, 0.25) is 0 Å². The van der Waals surface area contributed by atoms with Crippen LogP contribution in [0.3, 0.4) is 0 Å². The number of amides is 3. The summed E-state index contributed by atoms with van der Waals surface area (Å²) >= 11 is 1.57. The molecule has 1 aromatic heterocycles. The molecule has 0 bridgehead atoms. The van der Waals surface area contributed by atoms with Crippen LogP contribution in [-0.4, -0.2) is 60.9 Å². The topological polar surface area (TPSA) is 83.5 Å². The summed E-state index contributed by atoms with van der Waals surface area (Å²) in [6.45, 7) is 5.57. The van der Waals surface area contributed by atoms with Gasteiger partial charge in [-0.05, 0) is 50.4 Å². The van der Waals surface area contributed by atoms with Gasteiger partial charge in [0, 0.05) is 24.6 Å². The third-order valence-electron chi connectivity index (χ3n) is 4.97. The lowest BCUT2D eigenvalue weighted by atomic mass is 9.99. The molecule has 0 saturated heterocycles. The van der Waals surface area contributed by atoms with Crippen LogP contribution in [0.4, 0.5) is 4.79 Å². The van der Waals surface area contributed by atoms with Crippen molar-refractivity contribution in [1.29, 1.82) is 0 Å². The predicted octanol–water partition coefficient (Wildman–Crippen LogP) is 3.88. The Balaban J connectivity index is 1.90. The summed E-state index contributed by atoms with van der Waals surface area (Å²) in [6, 6.07) is 8.76. The second kappa shape index (κ2) is 9.60. The number of rotatable bonds is 6. The first-order valence-electron chi connectivity index (χ1n) is 10.3. The molecule has 0 aliphatic carbocycles. The number of ether oxygens (including phenoxy) is 2. The van der Waals surface area contributed by atoms with E-state index in [4.69, 9.17) is 9.47 Å². The quantitative estimate of drug-likeness (QED) is 0.712. The average Bonchev–Trinajstić information content (AvgIpc) is 3.41. The van der Waals surface area contributed by atoms with Gasteiger partial charge in [-0.1, -0.05) is 6.07 Å². The Morgan fingerprint density at radius 3 is 2.59 bits per heavy atom. The molecule has 1 aliphatic heterocycles. The Labute approximate surface area is 192 Å². The van der Waals surface area contributed by atoms with Gasteiger partial charge in [-0.3, -0.25) is 4.79 Å². The smallest absolute Gasteiger partial charge is 0.318 e. The van der Waals surface area contributed by atoms with Crippen molar-refractivity contribution in [2.75, 3.05) is 27.8 Å². The second-order valence-electron chi connectivity index (χ2n) is 8.63. The minimum atomic E-state index is -0.400. The van der Waals surface area contributed by atoms with Crippen LogP contribution in [0.15, 0.2) is 40.8 Å². The van der Waals surface area contributed by atoms with Crippen molar-refractivity contribution in [1.82, 2.24) is 15.2 Å². The van der Waals surface area contributed by atoms with Crippen LogP contribution < -0.4 is 14.8 Å². The van der Waals surface area contributed by atoms with Gasteiger partial charge in [-0.25, -0.2) is 9.80 Å². The number of hydrogen-bond donors (Lipinski definition) is 1. The summed E-state index contributed by atoms with van der Waals surface area (Å²) in [6.07, 6.45) is 0.535. The minimum Gasteiger partial charge on any atom is -0.497 e. The van der Waals surface area contributed by atoms with E-state index < -0.39 is 5.54 Å². The largest absolute Gasteiger partial charge is 0.497 e.